The second-order valence-electron chi connectivity index (χ2n) is 14.5. The number of carbonyl (C=O) groups is 1. The number of phosphoric ester groups is 1. The smallest absolute Gasteiger partial charge is 0.458 e. The summed E-state index contributed by atoms with van der Waals surface area (Å²) in [7, 11) is -4.29. The maximum atomic E-state index is 15.3. The first kappa shape index (κ1) is 37.9. The SMILES string of the molecule is C[C@H]([C@H](CC[C@H](C)[C@@H]1OC(=O)C=C[C@@H]1C)OP(=O)(OCC1c2ccccc2-c2ccccc21)OCC1c2ccccc2-c2ccccc21)[C@@H](O)/C=C\I. The molecule has 53 heavy (non-hydrogen) atoms. The molecule has 6 atom stereocenters. The molecule has 276 valence electrons. The Labute approximate surface area is 326 Å². The third-order valence-corrected chi connectivity index (χ3v) is 13.0. The van der Waals surface area contributed by atoms with Gasteiger partial charge >= 0.3 is 13.8 Å². The fourth-order valence-electron chi connectivity index (χ4n) is 8.20. The summed E-state index contributed by atoms with van der Waals surface area (Å²) >= 11 is 2.08. The number of benzene rings is 4. The molecule has 0 unspecified atom stereocenters. The summed E-state index contributed by atoms with van der Waals surface area (Å²) < 4.78 is 42.3. The molecule has 1 heterocycles. The summed E-state index contributed by atoms with van der Waals surface area (Å²) in [5.41, 5.74) is 8.94. The summed E-state index contributed by atoms with van der Waals surface area (Å²) in [5.74, 6) is -1.11. The monoisotopic (exact) mass is 844 g/mol. The Balaban J connectivity index is 1.19. The maximum absolute atomic E-state index is 15.3. The van der Waals surface area contributed by atoms with Crippen LogP contribution in [0.25, 0.3) is 22.3 Å². The lowest BCUT2D eigenvalue weighted by atomic mass is 9.85. The van der Waals surface area contributed by atoms with Crippen LogP contribution in [-0.4, -0.2) is 42.6 Å². The molecule has 0 saturated heterocycles. The number of aliphatic hydroxyl groups is 1. The maximum Gasteiger partial charge on any atom is 0.475 e. The van der Waals surface area contributed by atoms with Crippen LogP contribution >= 0.6 is 30.4 Å². The van der Waals surface area contributed by atoms with Gasteiger partial charge in [-0.15, -0.1) is 0 Å². The Bertz CT molecular complexity index is 1850. The molecule has 4 aromatic rings. The zero-order valence-corrected chi connectivity index (χ0v) is 33.3. The summed E-state index contributed by atoms with van der Waals surface area (Å²) in [4.78, 5) is 12.1. The number of ether oxygens (including phenoxy) is 1. The van der Waals surface area contributed by atoms with Crippen molar-refractivity contribution in [2.24, 2.45) is 17.8 Å². The van der Waals surface area contributed by atoms with Gasteiger partial charge in [0.15, 0.2) is 0 Å². The van der Waals surface area contributed by atoms with Gasteiger partial charge in [0, 0.05) is 29.7 Å². The van der Waals surface area contributed by atoms with Crippen LogP contribution in [0.2, 0.25) is 0 Å². The summed E-state index contributed by atoms with van der Waals surface area (Å²) in [6.07, 6.45) is 4.21. The minimum absolute atomic E-state index is 0.0198. The van der Waals surface area contributed by atoms with Gasteiger partial charge in [-0.05, 0) is 73.4 Å². The van der Waals surface area contributed by atoms with Crippen LogP contribution in [0.15, 0.2) is 119 Å². The lowest BCUT2D eigenvalue weighted by Crippen LogP contribution is -2.35. The summed E-state index contributed by atoms with van der Waals surface area (Å²) in [5, 5.41) is 11.2. The number of esters is 1. The van der Waals surface area contributed by atoms with Crippen molar-refractivity contribution < 1.29 is 32.8 Å². The van der Waals surface area contributed by atoms with Crippen LogP contribution in [0, 0.1) is 17.8 Å². The van der Waals surface area contributed by atoms with E-state index in [1.165, 1.54) is 6.08 Å². The van der Waals surface area contributed by atoms with Gasteiger partial charge in [-0.2, -0.15) is 0 Å². The van der Waals surface area contributed by atoms with E-state index >= 15 is 4.57 Å². The zero-order valence-electron chi connectivity index (χ0n) is 30.2. The van der Waals surface area contributed by atoms with Crippen LogP contribution in [0.4, 0.5) is 0 Å². The van der Waals surface area contributed by atoms with Crippen LogP contribution in [0.5, 0.6) is 0 Å². The van der Waals surface area contributed by atoms with E-state index < -0.39 is 25.9 Å². The molecule has 0 radical (unpaired) electrons. The zero-order chi connectivity index (χ0) is 37.1. The lowest BCUT2D eigenvalue weighted by molar-refractivity contribution is -0.149. The minimum Gasteiger partial charge on any atom is -0.458 e. The molecule has 0 amide bonds. The molecule has 7 nitrogen and oxygen atoms in total. The Morgan fingerprint density at radius 3 is 1.68 bits per heavy atom. The first-order chi connectivity index (χ1) is 25.7. The van der Waals surface area contributed by atoms with Gasteiger partial charge in [0.25, 0.3) is 0 Å². The second kappa shape index (κ2) is 16.6. The van der Waals surface area contributed by atoms with E-state index in [4.69, 9.17) is 18.3 Å². The Morgan fingerprint density at radius 1 is 0.774 bits per heavy atom. The standard InChI is InChI=1S/C44H46IO7P/c1-28(44-29(2)21-23-43(47)51-44)20-22-42(30(3)41(46)24-25-45)52-53(48,49-26-39-35-16-8-4-12-31(35)32-13-5-9-17-36(32)39)50-27-40-37-18-10-6-14-33(37)34-15-7-11-19-38(34)40/h4-19,21,23-25,28-30,39-42,44,46H,20,22,26-27H2,1-3H3/b25-24-/t28-,29-,30-,41-,42-,44-/m0/s1. The van der Waals surface area contributed by atoms with Crippen molar-refractivity contribution in [3.8, 4) is 22.3 Å². The first-order valence-electron chi connectivity index (χ1n) is 18.4. The first-order valence-corrected chi connectivity index (χ1v) is 21.2. The average molecular weight is 845 g/mol. The molecule has 0 spiro atoms. The summed E-state index contributed by atoms with van der Waals surface area (Å²) in [6, 6.07) is 33.0. The van der Waals surface area contributed by atoms with Crippen molar-refractivity contribution in [3.05, 3.63) is 142 Å². The number of rotatable bonds is 15. The van der Waals surface area contributed by atoms with E-state index in [0.717, 1.165) is 44.5 Å². The summed E-state index contributed by atoms with van der Waals surface area (Å²) in [6.45, 7) is 6.13. The molecule has 1 N–H and O–H groups in total. The van der Waals surface area contributed by atoms with Gasteiger partial charge < -0.3 is 9.84 Å². The van der Waals surface area contributed by atoms with E-state index in [1.54, 1.807) is 10.2 Å². The van der Waals surface area contributed by atoms with Crippen LogP contribution in [-0.2, 0) is 27.7 Å². The van der Waals surface area contributed by atoms with Gasteiger partial charge in [0.1, 0.15) is 6.10 Å². The van der Waals surface area contributed by atoms with E-state index in [2.05, 4.69) is 71.1 Å². The molecular weight excluding hydrogens is 798 g/mol. The topological polar surface area (TPSA) is 91.3 Å². The van der Waals surface area contributed by atoms with Crippen molar-refractivity contribution in [2.75, 3.05) is 13.2 Å². The van der Waals surface area contributed by atoms with Crippen LogP contribution in [0.3, 0.4) is 0 Å². The minimum atomic E-state index is -4.29. The van der Waals surface area contributed by atoms with Crippen LogP contribution in [0.1, 0.15) is 67.7 Å². The van der Waals surface area contributed by atoms with Crippen LogP contribution < -0.4 is 0 Å². The number of cyclic esters (lactones) is 1. The number of carbonyl (C=O) groups excluding carboxylic acids is 1. The van der Waals surface area contributed by atoms with Gasteiger partial charge in [-0.3, -0.25) is 13.6 Å². The van der Waals surface area contributed by atoms with E-state index in [1.807, 2.05) is 75.4 Å². The fraction of sp³-hybridized carbons (Fsp3) is 0.341. The highest BCUT2D eigenvalue weighted by Crippen LogP contribution is 2.57. The quantitative estimate of drug-likeness (QED) is 0.0724. The van der Waals surface area contributed by atoms with E-state index in [0.29, 0.717) is 12.8 Å². The van der Waals surface area contributed by atoms with Crippen molar-refractivity contribution in [1.29, 1.82) is 0 Å². The largest absolute Gasteiger partial charge is 0.475 e. The van der Waals surface area contributed by atoms with Crippen molar-refractivity contribution >= 4 is 36.4 Å². The number of fused-ring (bicyclic) bond motifs is 6. The third kappa shape index (κ3) is 8.05. The molecule has 0 fully saturated rings. The highest BCUT2D eigenvalue weighted by molar-refractivity contribution is 14.1. The van der Waals surface area contributed by atoms with Gasteiger partial charge in [-0.1, -0.05) is 146 Å². The number of phosphoric acid groups is 1. The second-order valence-corrected chi connectivity index (χ2v) is 16.8. The van der Waals surface area contributed by atoms with Gasteiger partial charge in [0.05, 0.1) is 25.4 Å². The van der Waals surface area contributed by atoms with Crippen molar-refractivity contribution in [2.45, 2.75) is 63.8 Å². The van der Waals surface area contributed by atoms with Gasteiger partial charge in [0.2, 0.25) is 0 Å². The van der Waals surface area contributed by atoms with Crippen molar-refractivity contribution in [1.82, 2.24) is 0 Å². The molecule has 7 rings (SSSR count). The fourth-order valence-corrected chi connectivity index (χ4v) is 10.1. The molecule has 2 aliphatic carbocycles. The molecule has 0 bridgehead atoms. The third-order valence-electron chi connectivity index (χ3n) is 11.2. The lowest BCUT2D eigenvalue weighted by Gasteiger charge is -2.33. The molecule has 0 aromatic heterocycles. The number of hydrogen-bond acceptors (Lipinski definition) is 7. The molecule has 1 aliphatic heterocycles. The van der Waals surface area contributed by atoms with Crippen molar-refractivity contribution in [3.63, 3.8) is 0 Å². The normalized spacial score (nSPS) is 20.4. The average Bonchev–Trinajstić information content (AvgIpc) is 3.68. The Morgan fingerprint density at radius 2 is 1.23 bits per heavy atom. The Hall–Kier alpha value is -3.37. The van der Waals surface area contributed by atoms with E-state index in [-0.39, 0.29) is 49.0 Å². The molecule has 0 saturated carbocycles. The highest BCUT2D eigenvalue weighted by atomic mass is 127. The number of hydrogen-bond donors (Lipinski definition) is 1. The number of halogens is 1. The molecule has 3 aliphatic rings. The molecular formula is C44H46IO7P. The van der Waals surface area contributed by atoms with E-state index in [9.17, 15) is 9.90 Å². The predicted octanol–water partition coefficient (Wildman–Crippen LogP) is 10.6. The highest BCUT2D eigenvalue weighted by Gasteiger charge is 2.40. The molecule has 9 heteroatoms. The number of aliphatic hydroxyl groups excluding tert-OH is 1. The Kier molecular flexibility index (Phi) is 11.8. The van der Waals surface area contributed by atoms with Gasteiger partial charge in [-0.25, -0.2) is 9.36 Å². The molecule has 4 aromatic carbocycles. The predicted molar refractivity (Wildman–Crippen MR) is 217 cm³/mol.